The third-order valence-corrected chi connectivity index (χ3v) is 10.8. The van der Waals surface area contributed by atoms with Crippen LogP contribution in [0.3, 0.4) is 0 Å². The Morgan fingerprint density at radius 1 is 0.822 bits per heavy atom. The van der Waals surface area contributed by atoms with E-state index in [0.29, 0.717) is 26.1 Å². The summed E-state index contributed by atoms with van der Waals surface area (Å²) >= 11 is 0. The Bertz CT molecular complexity index is 1060. The minimum atomic E-state index is -0.674. The molecule has 2 N–H and O–H groups in total. The van der Waals surface area contributed by atoms with Gasteiger partial charge < -0.3 is 25.1 Å². The lowest BCUT2D eigenvalue weighted by atomic mass is 9.84. The van der Waals surface area contributed by atoms with Gasteiger partial charge in [-0.15, -0.1) is 0 Å². The topological polar surface area (TPSA) is 117 Å². The summed E-state index contributed by atoms with van der Waals surface area (Å²) in [5.74, 6) is -0.0793. The number of likely N-dealkylation sites (tertiary alicyclic amines) is 4. The molecule has 4 rings (SSSR count). The van der Waals surface area contributed by atoms with Crippen LogP contribution in [0.25, 0.3) is 0 Å². The van der Waals surface area contributed by atoms with Crippen LogP contribution in [0.2, 0.25) is 0 Å². The quantitative estimate of drug-likeness (QED) is 0.378. The highest BCUT2D eigenvalue weighted by molar-refractivity contribution is 5.91. The first-order valence-corrected chi connectivity index (χ1v) is 17.5. The molecule has 0 aliphatic carbocycles. The number of aliphatic hydroxyl groups is 1. The molecular weight excluding hydrogens is 572 g/mol. The Hall–Kier alpha value is -2.24. The lowest BCUT2D eigenvalue weighted by Gasteiger charge is -2.41. The van der Waals surface area contributed by atoms with E-state index >= 15 is 0 Å². The number of carbonyl (C=O) groups is 4. The van der Waals surface area contributed by atoms with E-state index in [0.717, 1.165) is 64.5 Å². The van der Waals surface area contributed by atoms with Gasteiger partial charge in [0.1, 0.15) is 12.1 Å². The number of hydrogen-bond acceptors (Lipinski definition) is 7. The van der Waals surface area contributed by atoms with Crippen LogP contribution in [0.5, 0.6) is 0 Å². The summed E-state index contributed by atoms with van der Waals surface area (Å²) in [6, 6.07) is -1.99. The largest absolute Gasteiger partial charge is 0.394 e. The normalized spacial score (nSPS) is 28.0. The van der Waals surface area contributed by atoms with Crippen LogP contribution in [0.4, 0.5) is 0 Å². The zero-order chi connectivity index (χ0) is 33.1. The Morgan fingerprint density at radius 2 is 1.42 bits per heavy atom. The van der Waals surface area contributed by atoms with Crippen LogP contribution < -0.4 is 5.32 Å². The van der Waals surface area contributed by atoms with Gasteiger partial charge in [0.05, 0.1) is 24.7 Å². The highest BCUT2D eigenvalue weighted by atomic mass is 16.3. The second kappa shape index (κ2) is 15.1. The molecule has 11 heteroatoms. The molecule has 6 atom stereocenters. The summed E-state index contributed by atoms with van der Waals surface area (Å²) in [7, 11) is 3.81. The van der Waals surface area contributed by atoms with Gasteiger partial charge in [-0.25, -0.2) is 0 Å². The number of nitrogens with one attached hydrogen (secondary N) is 1. The molecular formula is C34H60N6O5. The van der Waals surface area contributed by atoms with Crippen molar-refractivity contribution in [3.63, 3.8) is 0 Å². The van der Waals surface area contributed by atoms with E-state index in [1.807, 2.05) is 34.9 Å². The summed E-state index contributed by atoms with van der Waals surface area (Å²) in [6.07, 6.45) is 7.66. The molecule has 0 radical (unpaired) electrons. The fraction of sp³-hybridized carbons (Fsp3) is 0.882. The van der Waals surface area contributed by atoms with Gasteiger partial charge in [-0.2, -0.15) is 0 Å². The van der Waals surface area contributed by atoms with Crippen molar-refractivity contribution in [3.05, 3.63) is 0 Å². The molecule has 4 saturated heterocycles. The average Bonchev–Trinajstić information content (AvgIpc) is 3.77. The van der Waals surface area contributed by atoms with E-state index in [1.165, 1.54) is 0 Å². The van der Waals surface area contributed by atoms with E-state index in [2.05, 4.69) is 29.0 Å². The number of carbonyl (C=O) groups excluding carboxylic acids is 4. The predicted molar refractivity (Wildman–Crippen MR) is 174 cm³/mol. The fourth-order valence-corrected chi connectivity index (χ4v) is 7.99. The van der Waals surface area contributed by atoms with Gasteiger partial charge in [-0.1, -0.05) is 41.0 Å². The lowest BCUT2D eigenvalue weighted by Crippen LogP contribution is -2.61. The van der Waals surface area contributed by atoms with Crippen molar-refractivity contribution in [1.29, 1.82) is 0 Å². The van der Waals surface area contributed by atoms with Crippen molar-refractivity contribution in [2.24, 2.45) is 11.3 Å². The molecule has 11 nitrogen and oxygen atoms in total. The van der Waals surface area contributed by atoms with Gasteiger partial charge in [-0.05, 0) is 82.8 Å². The summed E-state index contributed by atoms with van der Waals surface area (Å²) < 4.78 is 0. The monoisotopic (exact) mass is 632 g/mol. The predicted octanol–water partition coefficient (Wildman–Crippen LogP) is 1.92. The Morgan fingerprint density at radius 3 is 2.07 bits per heavy atom. The Kier molecular flexibility index (Phi) is 12.0. The van der Waals surface area contributed by atoms with E-state index in [9.17, 15) is 24.3 Å². The SMILES string of the molecule is CC(C)[C@@H](CN1CCCC1C(=O)N1CCC[C@H]1C(=O)N1CCCC1CO)N(C)C(=O)C(NC(=O)C1CCCCN1C)C(C)(C)C. The molecule has 4 aliphatic rings. The third kappa shape index (κ3) is 8.01. The van der Waals surface area contributed by atoms with Gasteiger partial charge in [-0.3, -0.25) is 29.0 Å². The first kappa shape index (κ1) is 35.6. The molecule has 0 aromatic heterocycles. The van der Waals surface area contributed by atoms with Crippen LogP contribution in [-0.2, 0) is 19.2 Å². The minimum absolute atomic E-state index is 0.0102. The summed E-state index contributed by atoms with van der Waals surface area (Å²) in [6.45, 7) is 13.6. The lowest BCUT2D eigenvalue weighted by molar-refractivity contribution is -0.147. The van der Waals surface area contributed by atoms with Crippen molar-refractivity contribution >= 4 is 23.6 Å². The number of piperidine rings is 1. The standard InChI is InChI=1S/C34H60N6O5/c1-23(2)28(37(7)33(45)29(34(3,4)5)35-30(42)25-14-8-9-17-36(25)6)21-38-18-11-15-26(38)31(43)40-20-12-16-27(40)32(44)39-19-10-13-24(39)22-41/h23-29,41H,8-22H2,1-7H3,(H,35,42)/t24?,25?,26?,27-,28+,29?/m0/s1. The summed E-state index contributed by atoms with van der Waals surface area (Å²) in [5, 5.41) is 12.9. The molecule has 0 saturated carbocycles. The molecule has 0 spiro atoms. The molecule has 45 heavy (non-hydrogen) atoms. The van der Waals surface area contributed by atoms with Crippen molar-refractivity contribution < 1.29 is 24.3 Å². The number of aliphatic hydroxyl groups excluding tert-OH is 1. The van der Waals surface area contributed by atoms with E-state index in [1.54, 1.807) is 14.7 Å². The average molecular weight is 633 g/mol. The van der Waals surface area contributed by atoms with Gasteiger partial charge in [0, 0.05) is 32.7 Å². The maximum absolute atomic E-state index is 14.2. The van der Waals surface area contributed by atoms with Gasteiger partial charge in [0.25, 0.3) is 0 Å². The fourth-order valence-electron chi connectivity index (χ4n) is 7.99. The Labute approximate surface area is 271 Å². The van der Waals surface area contributed by atoms with Crippen LogP contribution >= 0.6 is 0 Å². The second-order valence-electron chi connectivity index (χ2n) is 15.4. The minimum Gasteiger partial charge on any atom is -0.394 e. The summed E-state index contributed by atoms with van der Waals surface area (Å²) in [4.78, 5) is 64.8. The number of rotatable bonds is 10. The number of likely N-dealkylation sites (N-methyl/N-ethyl adjacent to an activating group) is 2. The molecule has 0 bridgehead atoms. The molecule has 4 aliphatic heterocycles. The molecule has 0 aromatic carbocycles. The maximum Gasteiger partial charge on any atom is 0.245 e. The van der Waals surface area contributed by atoms with Gasteiger partial charge in [0.2, 0.25) is 23.6 Å². The highest BCUT2D eigenvalue weighted by Gasteiger charge is 2.45. The maximum atomic E-state index is 14.2. The van der Waals surface area contributed by atoms with E-state index in [4.69, 9.17) is 0 Å². The molecule has 4 fully saturated rings. The van der Waals surface area contributed by atoms with Crippen LogP contribution in [0, 0.1) is 11.3 Å². The van der Waals surface area contributed by atoms with Crippen LogP contribution in [-0.4, -0.2) is 143 Å². The molecule has 0 aromatic rings. The van der Waals surface area contributed by atoms with Crippen LogP contribution in [0.1, 0.15) is 92.4 Å². The molecule has 4 amide bonds. The first-order chi connectivity index (χ1) is 21.3. The molecule has 4 heterocycles. The van der Waals surface area contributed by atoms with E-state index < -0.39 is 17.5 Å². The molecule has 4 unspecified atom stereocenters. The van der Waals surface area contributed by atoms with Gasteiger partial charge >= 0.3 is 0 Å². The van der Waals surface area contributed by atoms with Crippen LogP contribution in [0.15, 0.2) is 0 Å². The first-order valence-electron chi connectivity index (χ1n) is 17.5. The third-order valence-electron chi connectivity index (χ3n) is 10.8. The van der Waals surface area contributed by atoms with Crippen molar-refractivity contribution in [2.45, 2.75) is 129 Å². The number of hydrogen-bond donors (Lipinski definition) is 2. The molecule has 256 valence electrons. The zero-order valence-electron chi connectivity index (χ0n) is 29.0. The van der Waals surface area contributed by atoms with E-state index in [-0.39, 0.29) is 60.3 Å². The Balaban J connectivity index is 1.45. The van der Waals surface area contributed by atoms with Crippen molar-refractivity contribution in [1.82, 2.24) is 29.8 Å². The van der Waals surface area contributed by atoms with Crippen molar-refractivity contribution in [2.75, 3.05) is 53.4 Å². The second-order valence-corrected chi connectivity index (χ2v) is 15.4. The van der Waals surface area contributed by atoms with Crippen molar-refractivity contribution in [3.8, 4) is 0 Å². The van der Waals surface area contributed by atoms with Gasteiger partial charge in [0.15, 0.2) is 0 Å². The number of amides is 4. The smallest absolute Gasteiger partial charge is 0.245 e. The zero-order valence-corrected chi connectivity index (χ0v) is 29.0. The summed E-state index contributed by atoms with van der Waals surface area (Å²) in [5.41, 5.74) is -0.483. The number of nitrogens with zero attached hydrogens (tertiary/aromatic N) is 5. The highest BCUT2D eigenvalue weighted by Crippen LogP contribution is 2.30.